The summed E-state index contributed by atoms with van der Waals surface area (Å²) in [5.74, 6) is 1.61. The van der Waals surface area contributed by atoms with Gasteiger partial charge in [-0.3, -0.25) is 0 Å². The number of ether oxygens (including phenoxy) is 3. The second-order valence-electron chi connectivity index (χ2n) is 5.09. The van der Waals surface area contributed by atoms with Gasteiger partial charge < -0.3 is 14.2 Å². The fourth-order valence-corrected chi connectivity index (χ4v) is 2.92. The Hall–Kier alpha value is -2.04. The minimum atomic E-state index is 0.241. The quantitative estimate of drug-likeness (QED) is 0.559. The molecule has 0 atom stereocenters. The van der Waals surface area contributed by atoms with Crippen LogP contribution in [0.5, 0.6) is 11.5 Å². The van der Waals surface area contributed by atoms with Crippen molar-refractivity contribution in [2.75, 3.05) is 13.9 Å². The van der Waals surface area contributed by atoms with Gasteiger partial charge in [0.15, 0.2) is 6.79 Å². The van der Waals surface area contributed by atoms with Gasteiger partial charge in [-0.05, 0) is 56.5 Å². The van der Waals surface area contributed by atoms with Crippen molar-refractivity contribution in [3.63, 3.8) is 0 Å². The van der Waals surface area contributed by atoms with Crippen LogP contribution >= 0.6 is 15.9 Å². The maximum atomic E-state index is 5.93. The molecule has 0 aliphatic rings. The Bertz CT molecular complexity index is 787. The van der Waals surface area contributed by atoms with Gasteiger partial charge in [-0.25, -0.2) is 0 Å². The van der Waals surface area contributed by atoms with E-state index in [2.05, 4.69) is 15.9 Å². The molecule has 0 N–H and O–H groups in total. The van der Waals surface area contributed by atoms with Crippen molar-refractivity contribution in [3.8, 4) is 11.5 Å². The highest BCUT2D eigenvalue weighted by atomic mass is 79.9. The van der Waals surface area contributed by atoms with Crippen LogP contribution in [0.25, 0.3) is 10.8 Å². The molecule has 3 aromatic rings. The molecule has 0 spiro atoms. The number of hydrogen-bond donors (Lipinski definition) is 0. The molecule has 0 unspecified atom stereocenters. The van der Waals surface area contributed by atoms with E-state index in [9.17, 15) is 0 Å². The van der Waals surface area contributed by atoms with Crippen molar-refractivity contribution in [2.24, 2.45) is 0 Å². The SMILES string of the molecule is COCOc1ccc2c(Br)c(OCc3ccccc3)ccc2c1. The minimum absolute atomic E-state index is 0.241. The van der Waals surface area contributed by atoms with Gasteiger partial charge in [0.25, 0.3) is 0 Å². The van der Waals surface area contributed by atoms with Crippen molar-refractivity contribution < 1.29 is 14.2 Å². The van der Waals surface area contributed by atoms with Crippen molar-refractivity contribution in [1.82, 2.24) is 0 Å². The average Bonchev–Trinajstić information content (AvgIpc) is 2.60. The molecule has 3 aromatic carbocycles. The maximum Gasteiger partial charge on any atom is 0.188 e. The van der Waals surface area contributed by atoms with Crippen LogP contribution in [-0.2, 0) is 11.3 Å². The zero-order valence-electron chi connectivity index (χ0n) is 12.8. The fourth-order valence-electron chi connectivity index (χ4n) is 2.31. The number of rotatable bonds is 6. The predicted molar refractivity (Wildman–Crippen MR) is 94.9 cm³/mol. The average molecular weight is 373 g/mol. The normalized spacial score (nSPS) is 10.7. The molecule has 0 fully saturated rings. The molecule has 0 aliphatic heterocycles. The summed E-state index contributed by atoms with van der Waals surface area (Å²) in [5, 5.41) is 2.16. The third kappa shape index (κ3) is 3.84. The van der Waals surface area contributed by atoms with E-state index >= 15 is 0 Å². The van der Waals surface area contributed by atoms with Crippen molar-refractivity contribution in [3.05, 3.63) is 70.7 Å². The van der Waals surface area contributed by atoms with E-state index in [-0.39, 0.29) is 6.79 Å². The van der Waals surface area contributed by atoms with Crippen LogP contribution in [0.2, 0.25) is 0 Å². The third-order valence-corrected chi connectivity index (χ3v) is 4.29. The topological polar surface area (TPSA) is 27.7 Å². The first-order chi connectivity index (χ1) is 11.3. The third-order valence-electron chi connectivity index (χ3n) is 3.47. The Kier molecular flexibility index (Phi) is 5.16. The van der Waals surface area contributed by atoms with Gasteiger partial charge in [-0.2, -0.15) is 0 Å². The maximum absolute atomic E-state index is 5.93. The molecule has 3 rings (SSSR count). The summed E-state index contributed by atoms with van der Waals surface area (Å²) in [6.45, 7) is 0.783. The van der Waals surface area contributed by atoms with E-state index in [1.165, 1.54) is 0 Å². The molecular weight excluding hydrogens is 356 g/mol. The molecule has 0 saturated heterocycles. The van der Waals surface area contributed by atoms with Crippen LogP contribution in [0.4, 0.5) is 0 Å². The Morgan fingerprint density at radius 1 is 0.913 bits per heavy atom. The molecule has 4 heteroatoms. The van der Waals surface area contributed by atoms with Crippen LogP contribution in [0.15, 0.2) is 65.1 Å². The number of hydrogen-bond acceptors (Lipinski definition) is 3. The number of benzene rings is 3. The summed E-state index contributed by atoms with van der Waals surface area (Å²) in [5.41, 5.74) is 1.14. The smallest absolute Gasteiger partial charge is 0.188 e. The van der Waals surface area contributed by atoms with E-state index in [1.54, 1.807) is 7.11 Å². The van der Waals surface area contributed by atoms with E-state index < -0.39 is 0 Å². The molecule has 3 nitrogen and oxygen atoms in total. The second kappa shape index (κ2) is 7.49. The summed E-state index contributed by atoms with van der Waals surface area (Å²) in [6.07, 6.45) is 0. The molecule has 0 saturated carbocycles. The first-order valence-electron chi connectivity index (χ1n) is 7.28. The second-order valence-corrected chi connectivity index (χ2v) is 5.88. The van der Waals surface area contributed by atoms with Gasteiger partial charge in [0.1, 0.15) is 18.1 Å². The summed E-state index contributed by atoms with van der Waals surface area (Å²) >= 11 is 3.64. The zero-order valence-corrected chi connectivity index (χ0v) is 14.4. The number of halogens is 1. The predicted octanol–water partition coefficient (Wildman–Crippen LogP) is 5.16. The first kappa shape index (κ1) is 15.8. The summed E-state index contributed by atoms with van der Waals surface area (Å²) < 4.78 is 17.3. The number of methoxy groups -OCH3 is 1. The largest absolute Gasteiger partial charge is 0.488 e. The zero-order chi connectivity index (χ0) is 16.1. The van der Waals surface area contributed by atoms with Gasteiger partial charge in [-0.1, -0.05) is 36.4 Å². The highest BCUT2D eigenvalue weighted by molar-refractivity contribution is 9.10. The lowest BCUT2D eigenvalue weighted by Crippen LogP contribution is -1.99. The van der Waals surface area contributed by atoms with Crippen LogP contribution in [0.3, 0.4) is 0 Å². The molecule has 0 heterocycles. The Labute approximate surface area is 143 Å². The van der Waals surface area contributed by atoms with Crippen LogP contribution < -0.4 is 9.47 Å². The van der Waals surface area contributed by atoms with E-state index in [4.69, 9.17) is 14.2 Å². The molecule has 0 radical (unpaired) electrons. The lowest BCUT2D eigenvalue weighted by Gasteiger charge is -2.12. The Morgan fingerprint density at radius 2 is 1.74 bits per heavy atom. The Balaban J connectivity index is 1.81. The van der Waals surface area contributed by atoms with Crippen molar-refractivity contribution in [2.45, 2.75) is 6.61 Å². The van der Waals surface area contributed by atoms with E-state index in [0.29, 0.717) is 6.61 Å². The van der Waals surface area contributed by atoms with Gasteiger partial charge in [-0.15, -0.1) is 0 Å². The number of fused-ring (bicyclic) bond motifs is 1. The van der Waals surface area contributed by atoms with Crippen molar-refractivity contribution in [1.29, 1.82) is 0 Å². The van der Waals surface area contributed by atoms with Crippen LogP contribution in [-0.4, -0.2) is 13.9 Å². The lowest BCUT2D eigenvalue weighted by molar-refractivity contribution is 0.0512. The highest BCUT2D eigenvalue weighted by Gasteiger charge is 2.08. The Morgan fingerprint density at radius 3 is 2.52 bits per heavy atom. The molecule has 0 bridgehead atoms. The van der Waals surface area contributed by atoms with Gasteiger partial charge in [0, 0.05) is 7.11 Å². The summed E-state index contributed by atoms with van der Waals surface area (Å²) in [6, 6.07) is 20.0. The molecule has 23 heavy (non-hydrogen) atoms. The first-order valence-corrected chi connectivity index (χ1v) is 8.08. The standard InChI is InChI=1S/C19H17BrO3/c1-21-13-23-16-8-9-17-15(11-16)7-10-18(19(17)20)22-12-14-5-3-2-4-6-14/h2-11H,12-13H2,1H3. The molecule has 0 amide bonds. The van der Waals surface area contributed by atoms with Crippen molar-refractivity contribution >= 4 is 26.7 Å². The minimum Gasteiger partial charge on any atom is -0.488 e. The van der Waals surface area contributed by atoms with Gasteiger partial charge in [0.05, 0.1) is 4.47 Å². The molecular formula is C19H17BrO3. The van der Waals surface area contributed by atoms with Crippen LogP contribution in [0.1, 0.15) is 5.56 Å². The fraction of sp³-hybridized carbons (Fsp3) is 0.158. The van der Waals surface area contributed by atoms with Gasteiger partial charge in [0.2, 0.25) is 0 Å². The van der Waals surface area contributed by atoms with E-state index in [1.807, 2.05) is 60.7 Å². The summed E-state index contributed by atoms with van der Waals surface area (Å²) in [4.78, 5) is 0. The highest BCUT2D eigenvalue weighted by Crippen LogP contribution is 2.35. The van der Waals surface area contributed by atoms with E-state index in [0.717, 1.165) is 32.3 Å². The monoisotopic (exact) mass is 372 g/mol. The molecule has 118 valence electrons. The molecule has 0 aromatic heterocycles. The van der Waals surface area contributed by atoms with Gasteiger partial charge >= 0.3 is 0 Å². The summed E-state index contributed by atoms with van der Waals surface area (Å²) in [7, 11) is 1.61. The molecule has 0 aliphatic carbocycles. The van der Waals surface area contributed by atoms with Crippen LogP contribution in [0, 0.1) is 0 Å². The lowest BCUT2D eigenvalue weighted by atomic mass is 10.1.